The molecular weight excluding hydrogens is 136 g/mol. The van der Waals surface area contributed by atoms with Crippen molar-refractivity contribution in [3.63, 3.8) is 0 Å². The maximum atomic E-state index is 4.32. The third-order valence-corrected chi connectivity index (χ3v) is 1.99. The summed E-state index contributed by atoms with van der Waals surface area (Å²) in [4.78, 5) is 8.58. The van der Waals surface area contributed by atoms with Crippen LogP contribution in [0.15, 0.2) is 33.9 Å². The second-order valence-corrected chi connectivity index (χ2v) is 2.67. The Labute approximate surface area is 66.1 Å². The first-order chi connectivity index (χ1) is 5.42. The van der Waals surface area contributed by atoms with E-state index in [1.54, 1.807) is 0 Å². The second kappa shape index (κ2) is 2.46. The van der Waals surface area contributed by atoms with Crippen molar-refractivity contribution in [1.82, 2.24) is 0 Å². The number of fused-ring (bicyclic) bond motifs is 1. The van der Waals surface area contributed by atoms with Crippen LogP contribution < -0.4 is 0 Å². The van der Waals surface area contributed by atoms with E-state index in [9.17, 15) is 0 Å². The predicted molar refractivity (Wildman–Crippen MR) is 47.2 cm³/mol. The Kier molecular flexibility index (Phi) is 1.46. The van der Waals surface area contributed by atoms with Gasteiger partial charge in [0.25, 0.3) is 0 Å². The molecular formula is C9H10N2. The standard InChI is InChI=1S/C9H10N2/c1-2-8-9-7(3-5-10-8)4-6-11-9/h3-6,8H,2H2,1H3. The Balaban J connectivity index is 2.34. The lowest BCUT2D eigenvalue weighted by Gasteiger charge is -2.13. The number of hydrogen-bond acceptors (Lipinski definition) is 2. The fraction of sp³-hybridized carbons (Fsp3) is 0.333. The van der Waals surface area contributed by atoms with Crippen LogP contribution in [0.1, 0.15) is 13.3 Å². The smallest absolute Gasteiger partial charge is 0.0922 e. The summed E-state index contributed by atoms with van der Waals surface area (Å²) >= 11 is 0. The van der Waals surface area contributed by atoms with Gasteiger partial charge in [-0.15, -0.1) is 0 Å². The number of allylic oxidation sites excluding steroid dienone is 2. The van der Waals surface area contributed by atoms with E-state index in [-0.39, 0.29) is 0 Å². The van der Waals surface area contributed by atoms with Crippen LogP contribution in [0.25, 0.3) is 0 Å². The molecule has 11 heavy (non-hydrogen) atoms. The third-order valence-electron chi connectivity index (χ3n) is 1.99. The van der Waals surface area contributed by atoms with E-state index >= 15 is 0 Å². The summed E-state index contributed by atoms with van der Waals surface area (Å²) in [6.45, 7) is 2.13. The van der Waals surface area contributed by atoms with Crippen LogP contribution in [0.2, 0.25) is 0 Å². The summed E-state index contributed by atoms with van der Waals surface area (Å²) in [5, 5.41) is 0. The van der Waals surface area contributed by atoms with Crippen LogP contribution in [-0.2, 0) is 0 Å². The van der Waals surface area contributed by atoms with Crippen LogP contribution in [0, 0.1) is 0 Å². The Morgan fingerprint density at radius 3 is 3.27 bits per heavy atom. The number of aliphatic imine (C=N–C) groups is 2. The van der Waals surface area contributed by atoms with Crippen molar-refractivity contribution in [3.05, 3.63) is 23.9 Å². The van der Waals surface area contributed by atoms with E-state index in [0.717, 1.165) is 12.1 Å². The topological polar surface area (TPSA) is 24.7 Å². The highest BCUT2D eigenvalue weighted by Crippen LogP contribution is 2.18. The lowest BCUT2D eigenvalue weighted by molar-refractivity contribution is 0.824. The van der Waals surface area contributed by atoms with Gasteiger partial charge in [-0.1, -0.05) is 6.92 Å². The molecule has 2 heteroatoms. The molecule has 0 radical (unpaired) electrons. The van der Waals surface area contributed by atoms with Crippen molar-refractivity contribution in [2.45, 2.75) is 19.4 Å². The zero-order chi connectivity index (χ0) is 7.68. The highest BCUT2D eigenvalue weighted by atomic mass is 14.9. The van der Waals surface area contributed by atoms with Gasteiger partial charge in [-0.3, -0.25) is 9.98 Å². The van der Waals surface area contributed by atoms with Crippen molar-refractivity contribution < 1.29 is 0 Å². The summed E-state index contributed by atoms with van der Waals surface area (Å²) < 4.78 is 0. The SMILES string of the molecule is CCC1N=CC=C2C=CN=C21. The Morgan fingerprint density at radius 2 is 2.45 bits per heavy atom. The van der Waals surface area contributed by atoms with E-state index in [4.69, 9.17) is 0 Å². The Bertz CT molecular complexity index is 282. The molecule has 0 aromatic carbocycles. The van der Waals surface area contributed by atoms with Gasteiger partial charge in [-0.05, 0) is 18.6 Å². The van der Waals surface area contributed by atoms with Crippen molar-refractivity contribution in [2.75, 3.05) is 0 Å². The van der Waals surface area contributed by atoms with Crippen LogP contribution in [0.3, 0.4) is 0 Å². The van der Waals surface area contributed by atoms with Gasteiger partial charge in [0.05, 0.1) is 11.8 Å². The van der Waals surface area contributed by atoms with Crippen LogP contribution in [0.5, 0.6) is 0 Å². The number of hydrogen-bond donors (Lipinski definition) is 0. The van der Waals surface area contributed by atoms with E-state index in [1.165, 1.54) is 5.57 Å². The highest BCUT2D eigenvalue weighted by Gasteiger charge is 2.19. The number of rotatable bonds is 1. The molecule has 0 amide bonds. The Morgan fingerprint density at radius 1 is 1.55 bits per heavy atom. The lowest BCUT2D eigenvalue weighted by atomic mass is 10.0. The van der Waals surface area contributed by atoms with Gasteiger partial charge in [0.1, 0.15) is 0 Å². The summed E-state index contributed by atoms with van der Waals surface area (Å²) in [5.74, 6) is 0. The predicted octanol–water partition coefficient (Wildman–Crippen LogP) is 1.74. The molecule has 0 saturated heterocycles. The third kappa shape index (κ3) is 0.946. The van der Waals surface area contributed by atoms with Crippen molar-refractivity contribution in [1.29, 1.82) is 0 Å². The number of dihydropyridines is 1. The molecule has 0 aromatic rings. The first-order valence-electron chi connectivity index (χ1n) is 3.90. The van der Waals surface area contributed by atoms with Crippen LogP contribution in [-0.4, -0.2) is 18.0 Å². The highest BCUT2D eigenvalue weighted by molar-refractivity contribution is 6.12. The normalized spacial score (nSPS) is 26.5. The van der Waals surface area contributed by atoms with E-state index in [1.807, 2.05) is 24.6 Å². The fourth-order valence-corrected chi connectivity index (χ4v) is 1.37. The summed E-state index contributed by atoms with van der Waals surface area (Å²) in [6, 6.07) is 0.296. The zero-order valence-electron chi connectivity index (χ0n) is 6.49. The summed E-state index contributed by atoms with van der Waals surface area (Å²) in [7, 11) is 0. The largest absolute Gasteiger partial charge is 0.283 e. The molecule has 2 nitrogen and oxygen atoms in total. The maximum Gasteiger partial charge on any atom is 0.0922 e. The summed E-state index contributed by atoms with van der Waals surface area (Å²) in [6.07, 6.45) is 8.79. The fourth-order valence-electron chi connectivity index (χ4n) is 1.37. The molecule has 2 aliphatic rings. The molecule has 2 aliphatic heterocycles. The first kappa shape index (κ1) is 6.53. The van der Waals surface area contributed by atoms with Crippen molar-refractivity contribution >= 4 is 11.9 Å². The molecule has 2 rings (SSSR count). The van der Waals surface area contributed by atoms with Crippen LogP contribution in [0.4, 0.5) is 0 Å². The minimum absolute atomic E-state index is 0.296. The zero-order valence-corrected chi connectivity index (χ0v) is 6.49. The van der Waals surface area contributed by atoms with E-state index in [0.29, 0.717) is 6.04 Å². The molecule has 0 N–H and O–H groups in total. The molecule has 0 bridgehead atoms. The molecule has 0 fully saturated rings. The molecule has 0 aromatic heterocycles. The van der Waals surface area contributed by atoms with Crippen LogP contribution >= 0.6 is 0 Å². The average Bonchev–Trinajstić information content (AvgIpc) is 2.50. The Hall–Kier alpha value is -1.18. The quantitative estimate of drug-likeness (QED) is 0.538. The molecule has 0 saturated carbocycles. The molecule has 2 heterocycles. The van der Waals surface area contributed by atoms with Gasteiger partial charge < -0.3 is 0 Å². The average molecular weight is 146 g/mol. The van der Waals surface area contributed by atoms with Crippen molar-refractivity contribution in [2.24, 2.45) is 9.98 Å². The van der Waals surface area contributed by atoms with Gasteiger partial charge in [-0.2, -0.15) is 0 Å². The minimum Gasteiger partial charge on any atom is -0.283 e. The van der Waals surface area contributed by atoms with Crippen molar-refractivity contribution in [3.8, 4) is 0 Å². The molecule has 56 valence electrons. The van der Waals surface area contributed by atoms with Gasteiger partial charge in [-0.25, -0.2) is 0 Å². The van der Waals surface area contributed by atoms with Gasteiger partial charge in [0.2, 0.25) is 0 Å². The molecule has 1 atom stereocenters. The van der Waals surface area contributed by atoms with E-state index < -0.39 is 0 Å². The second-order valence-electron chi connectivity index (χ2n) is 2.67. The molecule has 0 spiro atoms. The minimum atomic E-state index is 0.296. The molecule has 0 aliphatic carbocycles. The monoisotopic (exact) mass is 146 g/mol. The summed E-state index contributed by atoms with van der Waals surface area (Å²) in [5.41, 5.74) is 2.36. The lowest BCUT2D eigenvalue weighted by Crippen LogP contribution is -2.20. The first-order valence-corrected chi connectivity index (χ1v) is 3.90. The maximum absolute atomic E-state index is 4.32. The molecule has 1 unspecified atom stereocenters. The van der Waals surface area contributed by atoms with E-state index in [2.05, 4.69) is 16.9 Å². The van der Waals surface area contributed by atoms with Gasteiger partial charge >= 0.3 is 0 Å². The number of nitrogens with zero attached hydrogens (tertiary/aromatic N) is 2. The van der Waals surface area contributed by atoms with Gasteiger partial charge in [0.15, 0.2) is 0 Å². The van der Waals surface area contributed by atoms with Gasteiger partial charge in [0, 0.05) is 18.0 Å².